The van der Waals surface area contributed by atoms with Crippen molar-refractivity contribution in [2.24, 2.45) is 0 Å². The molecule has 0 aliphatic heterocycles. The second kappa shape index (κ2) is 3.73. The minimum atomic E-state index is -1.05. The molecule has 1 heterocycles. The summed E-state index contributed by atoms with van der Waals surface area (Å²) in [6.45, 7) is 0. The van der Waals surface area contributed by atoms with Crippen LogP contribution in [0.2, 0.25) is 0 Å². The van der Waals surface area contributed by atoms with Gasteiger partial charge in [0.1, 0.15) is 5.82 Å². The number of aromatic nitrogens is 1. The zero-order chi connectivity index (χ0) is 11.8. The molecule has 2 N–H and O–H groups in total. The fraction of sp³-hybridized carbons (Fsp3) is 0.231. The molecule has 0 saturated heterocycles. The third kappa shape index (κ3) is 1.62. The van der Waals surface area contributed by atoms with E-state index in [1.807, 2.05) is 18.2 Å². The number of benzene rings is 1. The number of hydrogen-bond acceptors (Lipinski definition) is 2. The van der Waals surface area contributed by atoms with Gasteiger partial charge >= 0.3 is 6.09 Å². The summed E-state index contributed by atoms with van der Waals surface area (Å²) < 4.78 is 0. The second-order valence-electron chi connectivity index (χ2n) is 4.22. The third-order valence-corrected chi connectivity index (χ3v) is 3.19. The van der Waals surface area contributed by atoms with Crippen LogP contribution in [0.4, 0.5) is 10.6 Å². The first-order valence-electron chi connectivity index (χ1n) is 5.66. The fourth-order valence-electron chi connectivity index (χ4n) is 2.52. The molecule has 2 aromatic rings. The summed E-state index contributed by atoms with van der Waals surface area (Å²) in [7, 11) is 0. The maximum Gasteiger partial charge on any atom is 0.410 e. The molecule has 17 heavy (non-hydrogen) atoms. The highest BCUT2D eigenvalue weighted by atomic mass is 16.4. The van der Waals surface area contributed by atoms with Crippen LogP contribution < -0.4 is 5.32 Å². The molecule has 3 rings (SSSR count). The maximum atomic E-state index is 10.8. The first kappa shape index (κ1) is 10.1. The van der Waals surface area contributed by atoms with Gasteiger partial charge in [0.25, 0.3) is 0 Å². The molecule has 0 radical (unpaired) electrons. The van der Waals surface area contributed by atoms with E-state index in [1.165, 1.54) is 5.56 Å². The lowest BCUT2D eigenvalue weighted by molar-refractivity contribution is 0.209. The Hall–Kier alpha value is -2.10. The summed E-state index contributed by atoms with van der Waals surface area (Å²) in [6.07, 6.45) is 1.93. The molecule has 86 valence electrons. The summed E-state index contributed by atoms with van der Waals surface area (Å²) in [5.41, 5.74) is 3.17. The van der Waals surface area contributed by atoms with Crippen LogP contribution in [0.25, 0.3) is 10.9 Å². The van der Waals surface area contributed by atoms with Crippen molar-refractivity contribution in [1.29, 1.82) is 0 Å². The lowest BCUT2D eigenvalue weighted by atomic mass is 10.1. The molecule has 4 heteroatoms. The van der Waals surface area contributed by atoms with Crippen molar-refractivity contribution in [2.75, 3.05) is 5.32 Å². The van der Waals surface area contributed by atoms with Gasteiger partial charge in [-0.3, -0.25) is 5.32 Å². The molecule has 1 amide bonds. The smallest absolute Gasteiger partial charge is 0.410 e. The number of aryl methyl sites for hydroxylation is 1. The van der Waals surface area contributed by atoms with Gasteiger partial charge in [-0.25, -0.2) is 9.78 Å². The SMILES string of the molecule is O=C(O)Nc1nc2ccccc2c2c1CCC2. The number of fused-ring (bicyclic) bond motifs is 3. The molecule has 1 aliphatic carbocycles. The Morgan fingerprint density at radius 3 is 2.82 bits per heavy atom. The van der Waals surface area contributed by atoms with Gasteiger partial charge in [0, 0.05) is 5.39 Å². The predicted octanol–water partition coefficient (Wildman–Crippen LogP) is 2.81. The summed E-state index contributed by atoms with van der Waals surface area (Å²) in [5, 5.41) is 12.4. The Kier molecular flexibility index (Phi) is 2.21. The molecule has 1 aromatic heterocycles. The van der Waals surface area contributed by atoms with Gasteiger partial charge in [-0.2, -0.15) is 0 Å². The zero-order valence-corrected chi connectivity index (χ0v) is 9.23. The molecular formula is C13H12N2O2. The van der Waals surface area contributed by atoms with Crippen LogP contribution in [0.1, 0.15) is 17.5 Å². The van der Waals surface area contributed by atoms with E-state index in [9.17, 15) is 4.79 Å². The molecule has 0 bridgehead atoms. The van der Waals surface area contributed by atoms with Crippen LogP contribution in [0.15, 0.2) is 24.3 Å². The molecule has 0 fully saturated rings. The van der Waals surface area contributed by atoms with Gasteiger partial charge in [-0.05, 0) is 36.5 Å². The van der Waals surface area contributed by atoms with Gasteiger partial charge < -0.3 is 5.11 Å². The fourth-order valence-corrected chi connectivity index (χ4v) is 2.52. The predicted molar refractivity (Wildman–Crippen MR) is 65.4 cm³/mol. The number of hydrogen-bond donors (Lipinski definition) is 2. The number of para-hydroxylation sites is 1. The van der Waals surface area contributed by atoms with Crippen molar-refractivity contribution in [3.63, 3.8) is 0 Å². The topological polar surface area (TPSA) is 62.2 Å². The van der Waals surface area contributed by atoms with Crippen molar-refractivity contribution in [1.82, 2.24) is 4.98 Å². The minimum Gasteiger partial charge on any atom is -0.465 e. The summed E-state index contributed by atoms with van der Waals surface area (Å²) in [6, 6.07) is 7.88. The minimum absolute atomic E-state index is 0.503. The Labute approximate surface area is 98.3 Å². The number of anilines is 1. The van der Waals surface area contributed by atoms with Gasteiger partial charge in [-0.1, -0.05) is 18.2 Å². The van der Waals surface area contributed by atoms with Crippen LogP contribution >= 0.6 is 0 Å². The monoisotopic (exact) mass is 228 g/mol. The number of nitrogens with one attached hydrogen (secondary N) is 1. The number of pyridine rings is 1. The average Bonchev–Trinajstić information content (AvgIpc) is 2.78. The normalized spacial score (nSPS) is 13.6. The van der Waals surface area contributed by atoms with Gasteiger partial charge in [-0.15, -0.1) is 0 Å². The second-order valence-corrected chi connectivity index (χ2v) is 4.22. The third-order valence-electron chi connectivity index (χ3n) is 3.19. The lowest BCUT2D eigenvalue weighted by Crippen LogP contribution is -2.11. The molecule has 0 spiro atoms. The van der Waals surface area contributed by atoms with Crippen molar-refractivity contribution < 1.29 is 9.90 Å². The van der Waals surface area contributed by atoms with Crippen LogP contribution in [0.5, 0.6) is 0 Å². The largest absolute Gasteiger partial charge is 0.465 e. The number of nitrogens with zero attached hydrogens (tertiary/aromatic N) is 1. The average molecular weight is 228 g/mol. The Morgan fingerprint density at radius 1 is 1.24 bits per heavy atom. The van der Waals surface area contributed by atoms with E-state index in [4.69, 9.17) is 5.11 Å². The number of amides is 1. The van der Waals surface area contributed by atoms with E-state index in [-0.39, 0.29) is 0 Å². The Morgan fingerprint density at radius 2 is 2.00 bits per heavy atom. The summed E-state index contributed by atoms with van der Waals surface area (Å²) in [4.78, 5) is 15.1. The maximum absolute atomic E-state index is 10.8. The van der Waals surface area contributed by atoms with Gasteiger partial charge in [0.05, 0.1) is 5.52 Å². The summed E-state index contributed by atoms with van der Waals surface area (Å²) >= 11 is 0. The molecule has 0 unspecified atom stereocenters. The molecular weight excluding hydrogens is 216 g/mol. The first-order chi connectivity index (χ1) is 8.25. The number of carbonyl (C=O) groups is 1. The van der Waals surface area contributed by atoms with E-state index in [1.54, 1.807) is 0 Å². The number of rotatable bonds is 1. The van der Waals surface area contributed by atoms with E-state index in [0.29, 0.717) is 5.82 Å². The van der Waals surface area contributed by atoms with Crippen LogP contribution in [0.3, 0.4) is 0 Å². The zero-order valence-electron chi connectivity index (χ0n) is 9.23. The Bertz CT molecular complexity index is 608. The highest BCUT2D eigenvalue weighted by Crippen LogP contribution is 2.33. The number of carboxylic acid groups (broad SMARTS) is 1. The van der Waals surface area contributed by atoms with Crippen molar-refractivity contribution in [3.05, 3.63) is 35.4 Å². The lowest BCUT2D eigenvalue weighted by Gasteiger charge is -2.10. The van der Waals surface area contributed by atoms with Crippen molar-refractivity contribution in [3.8, 4) is 0 Å². The summed E-state index contributed by atoms with van der Waals surface area (Å²) in [5.74, 6) is 0.503. The van der Waals surface area contributed by atoms with Crippen LogP contribution in [-0.4, -0.2) is 16.2 Å². The van der Waals surface area contributed by atoms with E-state index < -0.39 is 6.09 Å². The van der Waals surface area contributed by atoms with Gasteiger partial charge in [0.2, 0.25) is 0 Å². The van der Waals surface area contributed by atoms with Crippen molar-refractivity contribution in [2.45, 2.75) is 19.3 Å². The van der Waals surface area contributed by atoms with E-state index in [2.05, 4.69) is 16.4 Å². The molecule has 1 aliphatic rings. The van der Waals surface area contributed by atoms with E-state index in [0.717, 1.165) is 35.7 Å². The molecule has 0 saturated carbocycles. The first-order valence-corrected chi connectivity index (χ1v) is 5.66. The quantitative estimate of drug-likeness (QED) is 0.788. The molecule has 0 atom stereocenters. The molecule has 1 aromatic carbocycles. The molecule has 4 nitrogen and oxygen atoms in total. The highest BCUT2D eigenvalue weighted by molar-refractivity contribution is 5.90. The van der Waals surface area contributed by atoms with Gasteiger partial charge in [0.15, 0.2) is 0 Å². The van der Waals surface area contributed by atoms with Crippen LogP contribution in [-0.2, 0) is 12.8 Å². The van der Waals surface area contributed by atoms with Crippen LogP contribution in [0, 0.1) is 0 Å². The highest BCUT2D eigenvalue weighted by Gasteiger charge is 2.20. The van der Waals surface area contributed by atoms with E-state index >= 15 is 0 Å². The Balaban J connectivity index is 2.27. The van der Waals surface area contributed by atoms with Crippen molar-refractivity contribution >= 4 is 22.8 Å². The standard InChI is InChI=1S/C13H12N2O2/c16-13(17)15-12-10-6-3-5-8(10)9-4-1-2-7-11(9)14-12/h1-2,4,7H,3,5-6H2,(H,14,15)(H,16,17).